The number of hydrogen-bond donors (Lipinski definition) is 1. The maximum Gasteiger partial charge on any atom is 0.0595 e. The Labute approximate surface area is 118 Å². The molecule has 0 saturated carbocycles. The van der Waals surface area contributed by atoms with Crippen molar-refractivity contribution in [2.45, 2.75) is 25.8 Å². The standard InChI is InChI=1S/C13H19Cl2NS/c1-3-6-16-11(9-17-2)7-10-4-5-12(14)13(15)8-10/h4-5,8,11,16H,3,6-7,9H2,1-2H3. The van der Waals surface area contributed by atoms with E-state index in [-0.39, 0.29) is 0 Å². The molecule has 0 amide bonds. The lowest BCUT2D eigenvalue weighted by molar-refractivity contribution is 0.550. The van der Waals surface area contributed by atoms with E-state index in [0.29, 0.717) is 16.1 Å². The number of rotatable bonds is 7. The van der Waals surface area contributed by atoms with Crippen LogP contribution < -0.4 is 5.32 Å². The van der Waals surface area contributed by atoms with Gasteiger partial charge in [0.25, 0.3) is 0 Å². The van der Waals surface area contributed by atoms with Gasteiger partial charge in [-0.25, -0.2) is 0 Å². The van der Waals surface area contributed by atoms with Crippen LogP contribution in [0.15, 0.2) is 18.2 Å². The molecule has 1 N–H and O–H groups in total. The van der Waals surface area contributed by atoms with Gasteiger partial charge in [-0.15, -0.1) is 0 Å². The van der Waals surface area contributed by atoms with Crippen molar-refractivity contribution < 1.29 is 0 Å². The Balaban J connectivity index is 2.61. The molecular formula is C13H19Cl2NS. The van der Waals surface area contributed by atoms with E-state index < -0.39 is 0 Å². The molecule has 1 nitrogen and oxygen atoms in total. The molecule has 96 valence electrons. The first kappa shape index (κ1) is 15.2. The number of thioether (sulfide) groups is 1. The van der Waals surface area contributed by atoms with Gasteiger partial charge in [-0.05, 0) is 43.3 Å². The van der Waals surface area contributed by atoms with Crippen LogP contribution in [0.4, 0.5) is 0 Å². The van der Waals surface area contributed by atoms with E-state index in [2.05, 4.69) is 24.6 Å². The van der Waals surface area contributed by atoms with Crippen LogP contribution in [0.25, 0.3) is 0 Å². The first-order chi connectivity index (χ1) is 8.17. The van der Waals surface area contributed by atoms with Crippen molar-refractivity contribution in [2.75, 3.05) is 18.6 Å². The Morgan fingerprint density at radius 1 is 1.29 bits per heavy atom. The second-order valence-electron chi connectivity index (χ2n) is 4.06. The van der Waals surface area contributed by atoms with E-state index in [1.165, 1.54) is 5.56 Å². The summed E-state index contributed by atoms with van der Waals surface area (Å²) in [5.41, 5.74) is 1.24. The molecule has 0 fully saturated rings. The molecule has 0 spiro atoms. The summed E-state index contributed by atoms with van der Waals surface area (Å²) in [7, 11) is 0. The van der Waals surface area contributed by atoms with Gasteiger partial charge in [0.1, 0.15) is 0 Å². The molecule has 1 aromatic carbocycles. The molecule has 0 radical (unpaired) electrons. The van der Waals surface area contributed by atoms with Crippen molar-refractivity contribution in [1.82, 2.24) is 5.32 Å². The highest BCUT2D eigenvalue weighted by Gasteiger charge is 2.09. The molecule has 1 unspecified atom stereocenters. The lowest BCUT2D eigenvalue weighted by Gasteiger charge is -2.17. The average molecular weight is 292 g/mol. The third kappa shape index (κ3) is 5.52. The molecule has 0 heterocycles. The van der Waals surface area contributed by atoms with E-state index in [1.54, 1.807) is 0 Å². The van der Waals surface area contributed by atoms with E-state index in [1.807, 2.05) is 23.9 Å². The second kappa shape index (κ2) is 8.25. The summed E-state index contributed by atoms with van der Waals surface area (Å²) in [4.78, 5) is 0. The summed E-state index contributed by atoms with van der Waals surface area (Å²) in [6, 6.07) is 6.39. The summed E-state index contributed by atoms with van der Waals surface area (Å²) in [6.45, 7) is 3.24. The van der Waals surface area contributed by atoms with Crippen molar-refractivity contribution in [3.05, 3.63) is 33.8 Å². The van der Waals surface area contributed by atoms with Crippen LogP contribution in [0, 0.1) is 0 Å². The predicted molar refractivity (Wildman–Crippen MR) is 80.6 cm³/mol. The predicted octanol–water partition coefficient (Wildman–Crippen LogP) is 4.27. The topological polar surface area (TPSA) is 12.0 Å². The van der Waals surface area contributed by atoms with Gasteiger partial charge in [0, 0.05) is 11.8 Å². The highest BCUT2D eigenvalue weighted by molar-refractivity contribution is 7.98. The molecule has 0 aliphatic rings. The van der Waals surface area contributed by atoms with Crippen molar-refractivity contribution in [3.8, 4) is 0 Å². The van der Waals surface area contributed by atoms with Crippen LogP contribution in [0.5, 0.6) is 0 Å². The third-order valence-electron chi connectivity index (χ3n) is 2.52. The van der Waals surface area contributed by atoms with Crippen LogP contribution >= 0.6 is 35.0 Å². The zero-order chi connectivity index (χ0) is 12.7. The van der Waals surface area contributed by atoms with Crippen molar-refractivity contribution in [3.63, 3.8) is 0 Å². The molecule has 1 aromatic rings. The van der Waals surface area contributed by atoms with Crippen molar-refractivity contribution in [2.24, 2.45) is 0 Å². The summed E-state index contributed by atoms with van der Waals surface area (Å²) in [5, 5.41) is 4.82. The van der Waals surface area contributed by atoms with Crippen LogP contribution in [0.1, 0.15) is 18.9 Å². The minimum atomic E-state index is 0.502. The van der Waals surface area contributed by atoms with Gasteiger partial charge in [-0.2, -0.15) is 11.8 Å². The van der Waals surface area contributed by atoms with Crippen LogP contribution in [0.2, 0.25) is 10.0 Å². The molecular weight excluding hydrogens is 273 g/mol. The van der Waals surface area contributed by atoms with Crippen LogP contribution in [-0.2, 0) is 6.42 Å². The first-order valence-corrected chi connectivity index (χ1v) is 7.98. The normalized spacial score (nSPS) is 12.7. The van der Waals surface area contributed by atoms with Gasteiger partial charge in [0.15, 0.2) is 0 Å². The number of benzene rings is 1. The maximum absolute atomic E-state index is 6.02. The third-order valence-corrected chi connectivity index (χ3v) is 3.99. The lowest BCUT2D eigenvalue weighted by Crippen LogP contribution is -2.33. The number of nitrogens with one attached hydrogen (secondary N) is 1. The first-order valence-electron chi connectivity index (χ1n) is 5.83. The SMILES string of the molecule is CCCNC(CSC)Cc1ccc(Cl)c(Cl)c1. The van der Waals surface area contributed by atoms with Crippen molar-refractivity contribution >= 4 is 35.0 Å². The van der Waals surface area contributed by atoms with Gasteiger partial charge in [-0.1, -0.05) is 36.2 Å². The maximum atomic E-state index is 6.02. The van der Waals surface area contributed by atoms with Gasteiger partial charge >= 0.3 is 0 Å². The Hall–Kier alpha value is 0.110. The highest BCUT2D eigenvalue weighted by atomic mass is 35.5. The Kier molecular flexibility index (Phi) is 7.36. The largest absolute Gasteiger partial charge is 0.313 e. The summed E-state index contributed by atoms with van der Waals surface area (Å²) >= 11 is 13.8. The Bertz CT molecular complexity index is 344. The fraction of sp³-hybridized carbons (Fsp3) is 0.538. The molecule has 1 atom stereocenters. The fourth-order valence-electron chi connectivity index (χ4n) is 1.69. The molecule has 0 bridgehead atoms. The minimum absolute atomic E-state index is 0.502. The minimum Gasteiger partial charge on any atom is -0.313 e. The van der Waals surface area contributed by atoms with Gasteiger partial charge in [-0.3, -0.25) is 0 Å². The molecule has 0 aliphatic heterocycles. The molecule has 0 saturated heterocycles. The average Bonchev–Trinajstić information content (AvgIpc) is 2.31. The van der Waals surface area contributed by atoms with Gasteiger partial charge in [0.2, 0.25) is 0 Å². The number of hydrogen-bond acceptors (Lipinski definition) is 2. The fourth-order valence-corrected chi connectivity index (χ4v) is 2.65. The monoisotopic (exact) mass is 291 g/mol. The van der Waals surface area contributed by atoms with Crippen LogP contribution in [-0.4, -0.2) is 24.6 Å². The molecule has 1 rings (SSSR count). The Morgan fingerprint density at radius 2 is 2.06 bits per heavy atom. The molecule has 0 aliphatic carbocycles. The summed E-state index contributed by atoms with van der Waals surface area (Å²) < 4.78 is 0. The second-order valence-corrected chi connectivity index (χ2v) is 5.78. The zero-order valence-electron chi connectivity index (χ0n) is 10.3. The molecule has 17 heavy (non-hydrogen) atoms. The van der Waals surface area contributed by atoms with Crippen molar-refractivity contribution in [1.29, 1.82) is 0 Å². The van der Waals surface area contributed by atoms with Gasteiger partial charge in [0.05, 0.1) is 10.0 Å². The van der Waals surface area contributed by atoms with Crippen LogP contribution in [0.3, 0.4) is 0 Å². The van der Waals surface area contributed by atoms with E-state index >= 15 is 0 Å². The molecule has 0 aromatic heterocycles. The molecule has 4 heteroatoms. The highest BCUT2D eigenvalue weighted by Crippen LogP contribution is 2.23. The zero-order valence-corrected chi connectivity index (χ0v) is 12.6. The van der Waals surface area contributed by atoms with E-state index in [4.69, 9.17) is 23.2 Å². The Morgan fingerprint density at radius 3 is 2.65 bits per heavy atom. The smallest absolute Gasteiger partial charge is 0.0595 e. The van der Waals surface area contributed by atoms with Gasteiger partial charge < -0.3 is 5.32 Å². The quantitative estimate of drug-likeness (QED) is 0.805. The van der Waals surface area contributed by atoms with E-state index in [9.17, 15) is 0 Å². The van der Waals surface area contributed by atoms with E-state index in [0.717, 1.165) is 25.1 Å². The lowest BCUT2D eigenvalue weighted by atomic mass is 10.1. The summed E-state index contributed by atoms with van der Waals surface area (Å²) in [6.07, 6.45) is 4.29. The number of halogens is 2. The summed E-state index contributed by atoms with van der Waals surface area (Å²) in [5.74, 6) is 1.11.